The molecule has 7 nitrogen and oxygen atoms in total. The number of morpholine rings is 1. The zero-order valence-corrected chi connectivity index (χ0v) is 20.2. The lowest BCUT2D eigenvalue weighted by molar-refractivity contribution is -0.114. The fourth-order valence-electron chi connectivity index (χ4n) is 3.79. The summed E-state index contributed by atoms with van der Waals surface area (Å²) in [7, 11) is 0. The molecule has 1 amide bonds. The van der Waals surface area contributed by atoms with Crippen molar-refractivity contribution in [1.29, 1.82) is 0 Å². The molecule has 2 aromatic heterocycles. The lowest BCUT2D eigenvalue weighted by atomic mass is 9.99. The van der Waals surface area contributed by atoms with Crippen LogP contribution in [0, 0.1) is 0 Å². The molecule has 0 spiro atoms. The molecule has 0 radical (unpaired) electrons. The van der Waals surface area contributed by atoms with Gasteiger partial charge in [0.25, 0.3) is 0 Å². The van der Waals surface area contributed by atoms with Crippen molar-refractivity contribution < 1.29 is 14.3 Å². The van der Waals surface area contributed by atoms with Gasteiger partial charge in [0.15, 0.2) is 5.65 Å². The van der Waals surface area contributed by atoms with E-state index in [1.165, 1.54) is 6.33 Å². The van der Waals surface area contributed by atoms with Crippen LogP contribution in [0.25, 0.3) is 16.7 Å². The zero-order chi connectivity index (χ0) is 23.3. The number of hydrogen-bond acceptors (Lipinski definition) is 5. The second-order valence-corrected chi connectivity index (χ2v) is 10.2. The monoisotopic (exact) mass is 476 g/mol. The fraction of sp³-hybridized carbons (Fsp3) is 0.435. The quantitative estimate of drug-likeness (QED) is 0.436. The molecular formula is C23H26Cl2N4O3. The van der Waals surface area contributed by atoms with Gasteiger partial charge in [0.1, 0.15) is 22.2 Å². The number of rotatable bonds is 2. The summed E-state index contributed by atoms with van der Waals surface area (Å²) in [6.45, 7) is 10.3. The van der Waals surface area contributed by atoms with Crippen LogP contribution in [0.15, 0.2) is 36.7 Å². The van der Waals surface area contributed by atoms with Crippen LogP contribution in [0.2, 0.25) is 10.3 Å². The molecule has 0 aliphatic carbocycles. The van der Waals surface area contributed by atoms with Crippen molar-refractivity contribution >= 4 is 40.3 Å². The van der Waals surface area contributed by atoms with Crippen LogP contribution < -0.4 is 0 Å². The van der Waals surface area contributed by atoms with Crippen LogP contribution in [-0.2, 0) is 9.47 Å². The Hall–Kier alpha value is -2.35. The van der Waals surface area contributed by atoms with Gasteiger partial charge in [-0.25, -0.2) is 14.8 Å². The van der Waals surface area contributed by atoms with E-state index in [1.54, 1.807) is 15.5 Å². The van der Waals surface area contributed by atoms with Gasteiger partial charge in [-0.2, -0.15) is 0 Å². The van der Waals surface area contributed by atoms with Crippen LogP contribution in [0.1, 0.15) is 46.2 Å². The van der Waals surface area contributed by atoms with E-state index in [9.17, 15) is 4.79 Å². The van der Waals surface area contributed by atoms with E-state index in [4.69, 9.17) is 32.7 Å². The van der Waals surface area contributed by atoms with E-state index >= 15 is 0 Å². The maximum atomic E-state index is 13.0. The Kier molecular flexibility index (Phi) is 5.86. The van der Waals surface area contributed by atoms with Crippen LogP contribution in [0.5, 0.6) is 0 Å². The summed E-state index contributed by atoms with van der Waals surface area (Å²) in [6, 6.07) is 9.27. The molecule has 1 fully saturated rings. The van der Waals surface area contributed by atoms with E-state index in [0.717, 1.165) is 11.3 Å². The van der Waals surface area contributed by atoms with Crippen molar-refractivity contribution in [2.45, 2.75) is 51.9 Å². The maximum Gasteiger partial charge on any atom is 0.410 e. The number of nitrogens with zero attached hydrogens (tertiary/aromatic N) is 4. The van der Waals surface area contributed by atoms with Gasteiger partial charge in [-0.1, -0.05) is 35.3 Å². The normalized spacial score (nSPS) is 18.7. The first-order valence-corrected chi connectivity index (χ1v) is 11.1. The Morgan fingerprint density at radius 3 is 2.53 bits per heavy atom. The van der Waals surface area contributed by atoms with Gasteiger partial charge >= 0.3 is 6.09 Å². The zero-order valence-electron chi connectivity index (χ0n) is 18.7. The van der Waals surface area contributed by atoms with Crippen molar-refractivity contribution in [3.63, 3.8) is 0 Å². The number of aromatic nitrogens is 3. The molecule has 1 aliphatic heterocycles. The summed E-state index contributed by atoms with van der Waals surface area (Å²) < 4.78 is 13.5. The second kappa shape index (κ2) is 8.21. The molecule has 3 aromatic rings. The van der Waals surface area contributed by atoms with Gasteiger partial charge in [0.2, 0.25) is 0 Å². The second-order valence-electron chi connectivity index (χ2n) is 9.49. The Bertz CT molecular complexity index is 1150. The van der Waals surface area contributed by atoms with Gasteiger partial charge in [0, 0.05) is 5.69 Å². The molecule has 1 atom stereocenters. The fourth-order valence-corrected chi connectivity index (χ4v) is 4.26. The Balaban J connectivity index is 1.66. The molecule has 0 unspecified atom stereocenters. The highest BCUT2D eigenvalue weighted by molar-refractivity contribution is 6.36. The van der Waals surface area contributed by atoms with Crippen molar-refractivity contribution in [2.75, 3.05) is 13.2 Å². The highest BCUT2D eigenvalue weighted by atomic mass is 35.5. The molecule has 9 heteroatoms. The van der Waals surface area contributed by atoms with Gasteiger partial charge in [0.05, 0.1) is 30.2 Å². The smallest absolute Gasteiger partial charge is 0.410 e. The number of carbonyl (C=O) groups excluding carboxylic acids is 1. The van der Waals surface area contributed by atoms with Crippen molar-refractivity contribution in [3.05, 3.63) is 52.5 Å². The molecule has 3 heterocycles. The number of fused-ring (bicyclic) bond motifs is 1. The maximum absolute atomic E-state index is 13.0. The summed E-state index contributed by atoms with van der Waals surface area (Å²) in [5.41, 5.74) is 1.35. The average molecular weight is 477 g/mol. The first-order chi connectivity index (χ1) is 15.0. The van der Waals surface area contributed by atoms with Crippen LogP contribution in [0.4, 0.5) is 4.79 Å². The summed E-state index contributed by atoms with van der Waals surface area (Å²) in [4.78, 5) is 23.0. The van der Waals surface area contributed by atoms with E-state index in [1.807, 2.05) is 58.9 Å². The number of ether oxygens (including phenoxy) is 2. The largest absolute Gasteiger partial charge is 0.444 e. The number of carbonyl (C=O) groups is 1. The molecule has 0 N–H and O–H groups in total. The summed E-state index contributed by atoms with van der Waals surface area (Å²) >= 11 is 12.7. The van der Waals surface area contributed by atoms with E-state index < -0.39 is 11.2 Å². The van der Waals surface area contributed by atoms with Crippen molar-refractivity contribution in [2.24, 2.45) is 0 Å². The first-order valence-electron chi connectivity index (χ1n) is 10.4. The average Bonchev–Trinajstić information content (AvgIpc) is 3.04. The summed E-state index contributed by atoms with van der Waals surface area (Å²) in [6.07, 6.45) is 1.06. The minimum atomic E-state index is -0.580. The van der Waals surface area contributed by atoms with E-state index in [2.05, 4.69) is 9.97 Å². The molecule has 170 valence electrons. The summed E-state index contributed by atoms with van der Waals surface area (Å²) in [5, 5.41) is 1.51. The van der Waals surface area contributed by atoms with Gasteiger partial charge < -0.3 is 9.47 Å². The number of hydrogen-bond donors (Lipinski definition) is 0. The van der Waals surface area contributed by atoms with Crippen molar-refractivity contribution in [3.8, 4) is 5.69 Å². The highest BCUT2D eigenvalue weighted by Gasteiger charge is 2.39. The van der Waals surface area contributed by atoms with Gasteiger partial charge in [-0.15, -0.1) is 0 Å². The third-order valence-electron chi connectivity index (χ3n) is 5.23. The molecule has 1 aromatic carbocycles. The van der Waals surface area contributed by atoms with Crippen LogP contribution in [-0.4, -0.2) is 49.9 Å². The third kappa shape index (κ3) is 4.56. The van der Waals surface area contributed by atoms with E-state index in [-0.39, 0.29) is 12.1 Å². The molecule has 0 bridgehead atoms. The van der Waals surface area contributed by atoms with Crippen molar-refractivity contribution in [1.82, 2.24) is 19.4 Å². The molecule has 32 heavy (non-hydrogen) atoms. The minimum absolute atomic E-state index is 0.263. The van der Waals surface area contributed by atoms with E-state index in [0.29, 0.717) is 34.5 Å². The number of halogens is 2. The lowest BCUT2D eigenvalue weighted by Gasteiger charge is -2.44. The number of amides is 1. The molecular weight excluding hydrogens is 451 g/mol. The van der Waals surface area contributed by atoms with Gasteiger partial charge in [-0.05, 0) is 58.4 Å². The van der Waals surface area contributed by atoms with Gasteiger partial charge in [-0.3, -0.25) is 9.47 Å². The molecule has 1 saturated heterocycles. The Morgan fingerprint density at radius 2 is 1.88 bits per heavy atom. The Labute approximate surface area is 197 Å². The Morgan fingerprint density at radius 1 is 1.19 bits per heavy atom. The first kappa shape index (κ1) is 22.8. The topological polar surface area (TPSA) is 69.5 Å². The lowest BCUT2D eigenvalue weighted by Crippen LogP contribution is -2.53. The van der Waals surface area contributed by atoms with Crippen LogP contribution >= 0.6 is 23.2 Å². The molecule has 4 rings (SSSR count). The highest BCUT2D eigenvalue weighted by Crippen LogP contribution is 2.34. The predicted octanol–water partition coefficient (Wildman–Crippen LogP) is 5.81. The van der Waals surface area contributed by atoms with Crippen LogP contribution in [0.3, 0.4) is 0 Å². The standard InChI is InChI=1S/C23H26Cl2N4O3/c1-22(2,3)32-21(30)28-12-23(4,5)31-11-17(28)14-6-8-15(9-7-14)29-18(24)10-16-19(25)26-13-27-20(16)29/h6-10,13,17H,11-12H2,1-5H3/t17-/m1/s1. The minimum Gasteiger partial charge on any atom is -0.444 e. The summed E-state index contributed by atoms with van der Waals surface area (Å²) in [5.74, 6) is 0. The molecule has 0 saturated carbocycles. The predicted molar refractivity (Wildman–Crippen MR) is 125 cm³/mol. The molecule has 1 aliphatic rings. The number of benzene rings is 1. The third-order valence-corrected chi connectivity index (χ3v) is 5.81. The SMILES string of the molecule is CC(C)(C)OC(=O)N1CC(C)(C)OC[C@@H]1c1ccc(-n2c(Cl)cc3c(Cl)ncnc32)cc1.